The van der Waals surface area contributed by atoms with Crippen LogP contribution < -0.4 is 5.73 Å². The van der Waals surface area contributed by atoms with Gasteiger partial charge in [0, 0.05) is 31.3 Å². The molecule has 0 bridgehead atoms. The van der Waals surface area contributed by atoms with Gasteiger partial charge in [-0.05, 0) is 76.6 Å². The quantitative estimate of drug-likeness (QED) is 0.127. The first-order valence-corrected chi connectivity index (χ1v) is 21.6. The summed E-state index contributed by atoms with van der Waals surface area (Å²) < 4.78 is 2.32. The smallest absolute Gasteiger partial charge is 0.154 e. The van der Waals surface area contributed by atoms with Crippen LogP contribution in [-0.2, 0) is 0 Å². The fraction of sp³-hybridized carbons (Fsp3) is 0.0345. The van der Waals surface area contributed by atoms with Gasteiger partial charge in [-0.15, -0.1) is 11.3 Å². The molecule has 3 N–H and O–H groups in total. The maximum absolute atomic E-state index is 9.11. The molecule has 4 heteroatoms. The second-order valence-corrected chi connectivity index (χ2v) is 16.1. The maximum Gasteiger partial charge on any atom is 0.154 e. The maximum atomic E-state index is 9.11. The number of hydrogen-bond acceptors (Lipinski definition) is 2. The molecule has 1 heterocycles. The molecule has 0 saturated heterocycles. The van der Waals surface area contributed by atoms with E-state index in [9.17, 15) is 0 Å². The predicted octanol–water partition coefficient (Wildman–Crippen LogP) is 15.4. The van der Waals surface area contributed by atoms with Crippen LogP contribution in [0.2, 0.25) is 0 Å². The van der Waals surface area contributed by atoms with Crippen molar-refractivity contribution >= 4 is 43.2 Å². The highest BCUT2D eigenvalue weighted by atomic mass is 32.1. The van der Waals surface area contributed by atoms with Gasteiger partial charge < -0.3 is 5.73 Å². The number of rotatable bonds is 6. The van der Waals surface area contributed by atoms with Gasteiger partial charge in [0.05, 0.1) is 0 Å². The van der Waals surface area contributed by atoms with Crippen molar-refractivity contribution < 1.29 is 0 Å². The minimum Gasteiger partial charge on any atom is -0.383 e. The Hall–Kier alpha value is -7.66. The van der Waals surface area contributed by atoms with Gasteiger partial charge in [0.2, 0.25) is 0 Å². The Kier molecular flexibility index (Phi) is 13.0. The first-order valence-electron chi connectivity index (χ1n) is 20.7. The number of hydrogen-bond donors (Lipinski definition) is 2. The fourth-order valence-electron chi connectivity index (χ4n) is 7.43. The van der Waals surface area contributed by atoms with E-state index in [1.54, 1.807) is 11.3 Å². The van der Waals surface area contributed by atoms with E-state index in [1.165, 1.54) is 27.0 Å². The Labute approximate surface area is 368 Å². The lowest BCUT2D eigenvalue weighted by molar-refractivity contribution is 1.41. The van der Waals surface area contributed by atoms with E-state index in [-0.39, 0.29) is 5.84 Å². The molecule has 1 aromatic heterocycles. The number of aryl methyl sites for hydroxylation is 2. The van der Waals surface area contributed by atoms with Crippen LogP contribution in [0.5, 0.6) is 0 Å². The Morgan fingerprint density at radius 3 is 1.42 bits per heavy atom. The van der Waals surface area contributed by atoms with Crippen molar-refractivity contribution in [1.82, 2.24) is 0 Å². The Morgan fingerprint density at radius 2 is 0.887 bits per heavy atom. The number of fused-ring (bicyclic) bond motifs is 3. The van der Waals surface area contributed by atoms with Crippen LogP contribution in [0, 0.1) is 19.3 Å². The molecule has 9 aromatic carbocycles. The van der Waals surface area contributed by atoms with Gasteiger partial charge in [0.15, 0.2) is 5.84 Å². The van der Waals surface area contributed by atoms with Crippen LogP contribution >= 0.6 is 11.3 Å². The van der Waals surface area contributed by atoms with Crippen LogP contribution in [-0.4, -0.2) is 11.7 Å². The van der Waals surface area contributed by atoms with Gasteiger partial charge in [0.25, 0.3) is 0 Å². The molecule has 62 heavy (non-hydrogen) atoms. The summed E-state index contributed by atoms with van der Waals surface area (Å²) >= 11 is 1.76. The number of thiophene rings is 1. The average molecular weight is 818 g/mol. The molecule has 0 aliphatic heterocycles. The SMILES string of the molecule is Cc1cccc(-c2ccccc2)c1.Cc1ccccc1.N=C(N=C(N)c1ccc(-c2ccccc2)cc1)c1ccc(-c2ccccc2)c2sc3ccc(-c4ccccc4)cc3c12. The summed E-state index contributed by atoms with van der Waals surface area (Å²) in [5.41, 5.74) is 20.1. The van der Waals surface area contributed by atoms with E-state index in [0.29, 0.717) is 5.84 Å². The molecule has 0 unspecified atom stereocenters. The lowest BCUT2D eigenvalue weighted by atomic mass is 9.96. The zero-order chi connectivity index (χ0) is 42.7. The van der Waals surface area contributed by atoms with Crippen LogP contribution in [0.4, 0.5) is 0 Å². The highest BCUT2D eigenvalue weighted by Crippen LogP contribution is 2.43. The van der Waals surface area contributed by atoms with E-state index in [1.807, 2.05) is 84.9 Å². The van der Waals surface area contributed by atoms with Crippen molar-refractivity contribution in [1.29, 1.82) is 5.41 Å². The van der Waals surface area contributed by atoms with Gasteiger partial charge >= 0.3 is 0 Å². The summed E-state index contributed by atoms with van der Waals surface area (Å²) in [4.78, 5) is 4.62. The van der Waals surface area contributed by atoms with Gasteiger partial charge in [-0.25, -0.2) is 4.99 Å². The zero-order valence-corrected chi connectivity index (χ0v) is 35.7. The second kappa shape index (κ2) is 19.6. The largest absolute Gasteiger partial charge is 0.383 e. The molecule has 3 nitrogen and oxygen atoms in total. The molecule has 0 saturated carbocycles. The molecule has 0 fully saturated rings. The summed E-state index contributed by atoms with van der Waals surface area (Å²) in [6.45, 7) is 4.20. The third kappa shape index (κ3) is 9.85. The summed E-state index contributed by atoms with van der Waals surface area (Å²) in [7, 11) is 0. The molecule has 300 valence electrons. The minimum absolute atomic E-state index is 0.147. The molecular formula is C58H47N3S. The molecule has 0 atom stereocenters. The highest BCUT2D eigenvalue weighted by molar-refractivity contribution is 7.26. The van der Waals surface area contributed by atoms with Crippen molar-refractivity contribution in [2.45, 2.75) is 13.8 Å². The molecular weight excluding hydrogens is 771 g/mol. The molecule has 0 radical (unpaired) electrons. The Morgan fingerprint density at radius 1 is 0.435 bits per heavy atom. The number of benzene rings is 9. The molecule has 0 aliphatic carbocycles. The first-order chi connectivity index (χ1) is 30.4. The van der Waals surface area contributed by atoms with Gasteiger partial charge in [0.1, 0.15) is 5.84 Å². The van der Waals surface area contributed by atoms with Crippen molar-refractivity contribution in [2.75, 3.05) is 0 Å². The van der Waals surface area contributed by atoms with Crippen molar-refractivity contribution in [3.63, 3.8) is 0 Å². The van der Waals surface area contributed by atoms with E-state index in [0.717, 1.165) is 60.0 Å². The molecule has 0 amide bonds. The van der Waals surface area contributed by atoms with Crippen LogP contribution in [0.1, 0.15) is 22.3 Å². The lowest BCUT2D eigenvalue weighted by Gasteiger charge is -2.10. The number of nitrogens with zero attached hydrogens (tertiary/aromatic N) is 1. The van der Waals surface area contributed by atoms with E-state index < -0.39 is 0 Å². The fourth-order valence-corrected chi connectivity index (χ4v) is 8.68. The first kappa shape index (κ1) is 41.1. The summed E-state index contributed by atoms with van der Waals surface area (Å²) in [6, 6.07) is 79.1. The van der Waals surface area contributed by atoms with Crippen LogP contribution in [0.15, 0.2) is 236 Å². The second-order valence-electron chi connectivity index (χ2n) is 15.1. The highest BCUT2D eigenvalue weighted by Gasteiger charge is 2.18. The minimum atomic E-state index is 0.147. The third-order valence-electron chi connectivity index (χ3n) is 10.7. The van der Waals surface area contributed by atoms with Crippen LogP contribution in [0.25, 0.3) is 64.7 Å². The average Bonchev–Trinajstić information content (AvgIpc) is 3.72. The molecule has 0 spiro atoms. The van der Waals surface area contributed by atoms with E-state index in [4.69, 9.17) is 11.1 Å². The topological polar surface area (TPSA) is 62.2 Å². The lowest BCUT2D eigenvalue weighted by Crippen LogP contribution is -2.16. The molecule has 10 aromatic rings. The van der Waals surface area contributed by atoms with Gasteiger partial charge in [-0.1, -0.05) is 223 Å². The summed E-state index contributed by atoms with van der Waals surface area (Å²) in [5, 5.41) is 11.3. The normalized spacial score (nSPS) is 11.0. The third-order valence-corrected chi connectivity index (χ3v) is 11.9. The van der Waals surface area contributed by atoms with Gasteiger partial charge in [-0.2, -0.15) is 0 Å². The van der Waals surface area contributed by atoms with Crippen LogP contribution in [0.3, 0.4) is 0 Å². The molecule has 10 rings (SSSR count). The number of aliphatic imine (C=N–C) groups is 1. The number of nitrogens with two attached hydrogens (primary N) is 1. The van der Waals surface area contributed by atoms with Crippen molar-refractivity contribution in [3.8, 4) is 44.5 Å². The zero-order valence-electron chi connectivity index (χ0n) is 34.9. The van der Waals surface area contributed by atoms with Crippen molar-refractivity contribution in [2.24, 2.45) is 10.7 Å². The monoisotopic (exact) mass is 817 g/mol. The van der Waals surface area contributed by atoms with Gasteiger partial charge in [-0.3, -0.25) is 5.41 Å². The van der Waals surface area contributed by atoms with E-state index >= 15 is 0 Å². The Balaban J connectivity index is 0.000000216. The summed E-state index contributed by atoms with van der Waals surface area (Å²) in [5.74, 6) is 0.471. The number of amidine groups is 2. The molecule has 0 aliphatic rings. The van der Waals surface area contributed by atoms with Crippen molar-refractivity contribution in [3.05, 3.63) is 253 Å². The summed E-state index contributed by atoms with van der Waals surface area (Å²) in [6.07, 6.45) is 0. The number of nitrogens with one attached hydrogen (secondary N) is 1. The standard InChI is InChI=1S/C38H27N3S.C13H12.C7H8/c39-37(29-18-16-27(17-19-29)25-10-4-1-5-11-25)41-38(40)32-22-21-31(28-14-8-3-9-15-28)36-35(32)33-24-30(20-23-34(33)42-36)26-12-6-2-7-13-26;1-11-6-5-9-13(10-11)12-7-3-2-4-8-12;1-7-5-3-2-4-6-7/h1-24H,(H3,39,40,41);2-10H,1H3;2-6H,1H3. The Bertz CT molecular complexity index is 3070. The van der Waals surface area contributed by atoms with E-state index in [2.05, 4.69) is 164 Å². The predicted molar refractivity (Wildman–Crippen MR) is 267 cm³/mol.